The highest BCUT2D eigenvalue weighted by Gasteiger charge is 2.35. The smallest absolute Gasteiger partial charge is 0.326 e. The van der Waals surface area contributed by atoms with Crippen molar-refractivity contribution in [2.45, 2.75) is 147 Å². The van der Waals surface area contributed by atoms with E-state index in [-0.39, 0.29) is 62.0 Å². The molecule has 9 amide bonds. The van der Waals surface area contributed by atoms with Gasteiger partial charge in [-0.05, 0) is 99.2 Å². The van der Waals surface area contributed by atoms with E-state index < -0.39 is 139 Å². The monoisotopic (exact) mass is 1070 g/mol. The van der Waals surface area contributed by atoms with Gasteiger partial charge < -0.3 is 80.2 Å². The van der Waals surface area contributed by atoms with Crippen LogP contribution in [0.3, 0.4) is 0 Å². The van der Waals surface area contributed by atoms with Gasteiger partial charge in [-0.25, -0.2) is 4.79 Å². The van der Waals surface area contributed by atoms with Crippen LogP contribution in [0, 0.1) is 11.8 Å². The molecule has 0 aliphatic carbocycles. The lowest BCUT2D eigenvalue weighted by Crippen LogP contribution is -2.60. The van der Waals surface area contributed by atoms with Gasteiger partial charge >= 0.3 is 11.9 Å². The van der Waals surface area contributed by atoms with Crippen LogP contribution in [0.5, 0.6) is 11.5 Å². The second kappa shape index (κ2) is 32.4. The van der Waals surface area contributed by atoms with Crippen molar-refractivity contribution >= 4 is 65.1 Å². The van der Waals surface area contributed by atoms with E-state index in [9.17, 15) is 73.2 Å². The highest BCUT2D eigenvalue weighted by molar-refractivity contribution is 5.99. The molecule has 0 fully saturated rings. The van der Waals surface area contributed by atoms with Gasteiger partial charge in [0.1, 0.15) is 59.8 Å². The minimum absolute atomic E-state index is 0.0137. The van der Waals surface area contributed by atoms with Gasteiger partial charge in [0.05, 0.1) is 13.0 Å². The topological polar surface area (TPSA) is 443 Å². The van der Waals surface area contributed by atoms with Crippen molar-refractivity contribution in [2.24, 2.45) is 29.0 Å². The van der Waals surface area contributed by atoms with Gasteiger partial charge in [-0.1, -0.05) is 52.0 Å². The van der Waals surface area contributed by atoms with Crippen LogP contribution in [-0.2, 0) is 65.6 Å². The predicted octanol–water partition coefficient (Wildman–Crippen LogP) is -2.21. The number of phenols is 2. The minimum atomic E-state index is -1.90. The Balaban J connectivity index is 2.39. The lowest BCUT2D eigenvalue weighted by molar-refractivity contribution is -0.143. The largest absolute Gasteiger partial charge is 0.508 e. The first-order chi connectivity index (χ1) is 35.7. The van der Waals surface area contributed by atoms with E-state index in [4.69, 9.17) is 17.2 Å². The molecule has 76 heavy (non-hydrogen) atoms. The van der Waals surface area contributed by atoms with Crippen molar-refractivity contribution < 1.29 is 73.2 Å². The van der Waals surface area contributed by atoms with Gasteiger partial charge in [-0.15, -0.1) is 0 Å². The number of rotatable bonds is 34. The van der Waals surface area contributed by atoms with Gasteiger partial charge in [0, 0.05) is 19.3 Å². The number of carboxylic acid groups (broad SMARTS) is 2. The Morgan fingerprint density at radius 1 is 0.474 bits per heavy atom. The minimum Gasteiger partial charge on any atom is -0.508 e. The van der Waals surface area contributed by atoms with Crippen molar-refractivity contribution in [3.05, 3.63) is 59.7 Å². The normalized spacial score (nSPS) is 14.2. The Morgan fingerprint density at radius 3 is 1.33 bits per heavy atom. The quantitative estimate of drug-likeness (QED) is 0.0330. The molecular weight excluding hydrogens is 995 g/mol. The zero-order chi connectivity index (χ0) is 57.2. The van der Waals surface area contributed by atoms with Crippen LogP contribution >= 0.6 is 0 Å². The average molecular weight is 1070 g/mol. The summed E-state index contributed by atoms with van der Waals surface area (Å²) in [6, 6.07) is -0.646. The number of amides is 9. The van der Waals surface area contributed by atoms with E-state index in [1.54, 1.807) is 27.7 Å². The van der Waals surface area contributed by atoms with Crippen LogP contribution < -0.4 is 59.7 Å². The Labute approximate surface area is 440 Å². The van der Waals surface area contributed by atoms with Crippen LogP contribution in [0.15, 0.2) is 48.5 Å². The number of carbonyl (C=O) groups is 11. The Bertz CT molecular complexity index is 2320. The highest BCUT2D eigenvalue weighted by Crippen LogP contribution is 2.15. The fourth-order valence-corrected chi connectivity index (χ4v) is 7.54. The summed E-state index contributed by atoms with van der Waals surface area (Å²) < 4.78 is 0. The summed E-state index contributed by atoms with van der Waals surface area (Å²) in [5.74, 6) is -11.7. The van der Waals surface area contributed by atoms with E-state index in [1.165, 1.54) is 48.5 Å². The Kier molecular flexibility index (Phi) is 27.4. The van der Waals surface area contributed by atoms with Gasteiger partial charge in [-0.3, -0.25) is 47.9 Å². The van der Waals surface area contributed by atoms with Gasteiger partial charge in [0.15, 0.2) is 0 Å². The number of carbonyl (C=O) groups excluding carboxylic acids is 9. The summed E-state index contributed by atoms with van der Waals surface area (Å²) in [7, 11) is 0. The van der Waals surface area contributed by atoms with Crippen molar-refractivity contribution in [1.29, 1.82) is 0 Å². The van der Waals surface area contributed by atoms with E-state index in [1.807, 2.05) is 0 Å². The molecule has 0 heterocycles. The number of hydrogen-bond donors (Lipinski definition) is 15. The van der Waals surface area contributed by atoms with Crippen molar-refractivity contribution in [3.8, 4) is 11.5 Å². The van der Waals surface area contributed by atoms with Crippen molar-refractivity contribution in [3.63, 3.8) is 0 Å². The third-order valence-electron chi connectivity index (χ3n) is 11.5. The average Bonchev–Trinajstić information content (AvgIpc) is 3.34. The number of hydrogen-bond acceptors (Lipinski definition) is 15. The molecule has 0 spiro atoms. The number of primary amides is 1. The molecule has 0 aliphatic rings. The standard InChI is InChI=1S/C50H75N11O15/c1-26(2)20-35(47(72)61-39(50(75)76)21-27(3)4)58-44(69)33(8-6-7-19-51)57-45(70)34(17-18-40(53)64)56-43(68)28(5)54-46(71)38(24-42(66)67)60-49(74)37(23-30-11-15-32(63)16-12-30)59-48(73)36(55-41(65)25-52)22-29-9-13-31(62)14-10-29/h9-16,26-28,33-39,62-63H,6-8,17-25,51-52H2,1-5H3,(H2,53,64)(H,54,71)(H,55,65)(H,56,68)(H,57,70)(H,58,69)(H,59,73)(H,60,74)(H,61,72)(H,66,67)(H,75,76)/t28-,33-,34-,35-,36-,37-,38-,39-/m0/s1. The number of phenolic OH excluding ortho intramolecular Hbond substituents is 2. The van der Waals surface area contributed by atoms with Gasteiger partial charge in [0.2, 0.25) is 53.2 Å². The number of nitrogens with one attached hydrogen (secondary N) is 8. The Morgan fingerprint density at radius 2 is 0.868 bits per heavy atom. The molecule has 8 atom stereocenters. The molecule has 0 saturated carbocycles. The highest BCUT2D eigenvalue weighted by atomic mass is 16.4. The zero-order valence-corrected chi connectivity index (χ0v) is 43.4. The molecule has 0 radical (unpaired) electrons. The molecule has 0 bridgehead atoms. The SMILES string of the molecule is CC(C)C[C@H](NC(=O)[C@H](CC(C)C)NC(=O)[C@H](CCCCN)NC(=O)[C@H](CCC(N)=O)NC(=O)[C@H](C)NC(=O)[C@H](CC(=O)O)NC(=O)[C@H](Cc1ccc(O)cc1)NC(=O)[C@H](Cc1ccc(O)cc1)NC(=O)CN)C(=O)O. The maximum atomic E-state index is 14.0. The lowest BCUT2D eigenvalue weighted by Gasteiger charge is -2.27. The number of nitrogens with two attached hydrogens (primary N) is 3. The van der Waals surface area contributed by atoms with Crippen LogP contribution in [-0.4, -0.2) is 147 Å². The molecule has 0 aromatic heterocycles. The summed E-state index contributed by atoms with van der Waals surface area (Å²) in [5.41, 5.74) is 17.4. The summed E-state index contributed by atoms with van der Waals surface area (Å²) in [6.45, 7) is 7.99. The second-order valence-corrected chi connectivity index (χ2v) is 19.1. The first kappa shape index (κ1) is 64.2. The number of aromatic hydroxyl groups is 2. The molecule has 2 aromatic carbocycles. The van der Waals surface area contributed by atoms with Crippen LogP contribution in [0.25, 0.3) is 0 Å². The Hall–Kier alpha value is -7.87. The van der Waals surface area contributed by atoms with Crippen LogP contribution in [0.1, 0.15) is 97.1 Å². The third-order valence-corrected chi connectivity index (χ3v) is 11.5. The molecule has 0 unspecified atom stereocenters. The molecule has 26 heteroatoms. The van der Waals surface area contributed by atoms with Crippen molar-refractivity contribution in [2.75, 3.05) is 13.1 Å². The number of carboxylic acids is 2. The molecular formula is C50H75N11O15. The summed E-state index contributed by atoms with van der Waals surface area (Å²) in [5, 5.41) is 58.7. The molecule has 26 nitrogen and oxygen atoms in total. The third kappa shape index (κ3) is 24.0. The van der Waals surface area contributed by atoms with E-state index in [0.29, 0.717) is 24.0 Å². The fourth-order valence-electron chi connectivity index (χ4n) is 7.54. The first-order valence-corrected chi connectivity index (χ1v) is 24.8. The molecule has 0 saturated heterocycles. The van der Waals surface area contributed by atoms with Crippen LogP contribution in [0.2, 0.25) is 0 Å². The molecule has 2 rings (SSSR count). The molecule has 0 aliphatic heterocycles. The molecule has 2 aromatic rings. The fraction of sp³-hybridized carbons (Fsp3) is 0.540. The molecule has 420 valence electrons. The van der Waals surface area contributed by atoms with Crippen molar-refractivity contribution in [1.82, 2.24) is 42.5 Å². The summed E-state index contributed by atoms with van der Waals surface area (Å²) in [6.07, 6.45) is -1.44. The molecule has 18 N–H and O–H groups in total. The maximum absolute atomic E-state index is 14.0. The second-order valence-electron chi connectivity index (χ2n) is 19.1. The van der Waals surface area contributed by atoms with Crippen LogP contribution in [0.4, 0.5) is 0 Å². The van der Waals surface area contributed by atoms with E-state index >= 15 is 0 Å². The number of aliphatic carboxylic acids is 2. The van der Waals surface area contributed by atoms with Gasteiger partial charge in [-0.2, -0.15) is 0 Å². The lowest BCUT2D eigenvalue weighted by atomic mass is 9.99. The van der Waals surface area contributed by atoms with E-state index in [2.05, 4.69) is 42.5 Å². The maximum Gasteiger partial charge on any atom is 0.326 e. The predicted molar refractivity (Wildman–Crippen MR) is 274 cm³/mol. The van der Waals surface area contributed by atoms with Gasteiger partial charge in [0.25, 0.3) is 0 Å². The summed E-state index contributed by atoms with van der Waals surface area (Å²) in [4.78, 5) is 145. The zero-order valence-electron chi connectivity index (χ0n) is 43.4. The number of unbranched alkanes of at least 4 members (excludes halogenated alkanes) is 1. The van der Waals surface area contributed by atoms with E-state index in [0.717, 1.165) is 6.92 Å². The first-order valence-electron chi connectivity index (χ1n) is 24.8. The number of benzene rings is 2. The summed E-state index contributed by atoms with van der Waals surface area (Å²) >= 11 is 0.